The first-order valence-electron chi connectivity index (χ1n) is 5.35. The van der Waals surface area contributed by atoms with Crippen molar-refractivity contribution in [1.82, 2.24) is 14.5 Å². The summed E-state index contributed by atoms with van der Waals surface area (Å²) in [7, 11) is 0. The van der Waals surface area contributed by atoms with Gasteiger partial charge in [-0.25, -0.2) is 4.98 Å². The quantitative estimate of drug-likeness (QED) is 0.848. The highest BCUT2D eigenvalue weighted by Gasteiger charge is 2.07. The van der Waals surface area contributed by atoms with Crippen molar-refractivity contribution in [2.45, 2.75) is 26.4 Å². The molecule has 0 unspecified atom stereocenters. The Bertz CT molecular complexity index is 473. The molecule has 2 N–H and O–H groups in total. The molecule has 0 spiro atoms. The lowest BCUT2D eigenvalue weighted by molar-refractivity contribution is 0.665. The zero-order valence-electron chi connectivity index (χ0n) is 9.59. The Labute approximate surface area is 95.1 Å². The molecule has 0 saturated heterocycles. The van der Waals surface area contributed by atoms with E-state index >= 15 is 0 Å². The maximum atomic E-state index is 5.86. The molecule has 84 valence electrons. The average molecular weight is 216 g/mol. The van der Waals surface area contributed by atoms with E-state index in [1.54, 1.807) is 12.5 Å². The summed E-state index contributed by atoms with van der Waals surface area (Å²) in [5.41, 5.74) is 8.95. The Balaban J connectivity index is 2.24. The Morgan fingerprint density at radius 3 is 2.94 bits per heavy atom. The predicted molar refractivity (Wildman–Crippen MR) is 62.9 cm³/mol. The van der Waals surface area contributed by atoms with Gasteiger partial charge in [0.2, 0.25) is 0 Å². The predicted octanol–water partition coefficient (Wildman–Crippen LogP) is 1.65. The van der Waals surface area contributed by atoms with Crippen LogP contribution in [0.2, 0.25) is 0 Å². The van der Waals surface area contributed by atoms with E-state index in [0.717, 1.165) is 23.6 Å². The van der Waals surface area contributed by atoms with Gasteiger partial charge in [0.25, 0.3) is 0 Å². The van der Waals surface area contributed by atoms with Crippen molar-refractivity contribution in [2.75, 3.05) is 0 Å². The third-order valence-corrected chi connectivity index (χ3v) is 2.49. The number of rotatable bonds is 3. The molecule has 0 radical (unpaired) electrons. The van der Waals surface area contributed by atoms with Gasteiger partial charge in [0.1, 0.15) is 0 Å². The van der Waals surface area contributed by atoms with Crippen molar-refractivity contribution >= 4 is 0 Å². The number of hydrogen-bond donors (Lipinski definition) is 1. The minimum absolute atomic E-state index is 0.00712. The molecule has 0 bridgehead atoms. The largest absolute Gasteiger partial charge is 0.327 e. The third-order valence-electron chi connectivity index (χ3n) is 2.49. The lowest BCUT2D eigenvalue weighted by Crippen LogP contribution is -2.13. The standard InChI is InChI=1S/C12H16N4/c1-9-4-3-5-11(15-9)7-16-8-14-6-12(16)10(2)13/h3-6,8,10H,7,13H2,1-2H3/t10-/m1/s1. The van der Waals surface area contributed by atoms with Gasteiger partial charge < -0.3 is 10.3 Å². The van der Waals surface area contributed by atoms with Crippen LogP contribution >= 0.6 is 0 Å². The van der Waals surface area contributed by atoms with Gasteiger partial charge in [-0.1, -0.05) is 6.07 Å². The van der Waals surface area contributed by atoms with E-state index in [1.165, 1.54) is 0 Å². The fourth-order valence-electron chi connectivity index (χ4n) is 1.70. The minimum atomic E-state index is -0.00712. The van der Waals surface area contributed by atoms with Gasteiger partial charge in [-0.15, -0.1) is 0 Å². The molecule has 0 aliphatic heterocycles. The molecule has 2 rings (SSSR count). The van der Waals surface area contributed by atoms with Gasteiger partial charge in [-0.05, 0) is 26.0 Å². The second-order valence-corrected chi connectivity index (χ2v) is 4.01. The lowest BCUT2D eigenvalue weighted by Gasteiger charge is -2.10. The van der Waals surface area contributed by atoms with E-state index in [9.17, 15) is 0 Å². The van der Waals surface area contributed by atoms with E-state index in [0.29, 0.717) is 0 Å². The van der Waals surface area contributed by atoms with Crippen LogP contribution in [0.3, 0.4) is 0 Å². The molecular formula is C12H16N4. The summed E-state index contributed by atoms with van der Waals surface area (Å²) < 4.78 is 2.03. The minimum Gasteiger partial charge on any atom is -0.327 e. The van der Waals surface area contributed by atoms with Gasteiger partial charge in [0.05, 0.1) is 24.3 Å². The average Bonchev–Trinajstić information content (AvgIpc) is 2.66. The molecule has 0 aliphatic rings. The van der Waals surface area contributed by atoms with E-state index in [4.69, 9.17) is 5.73 Å². The Morgan fingerprint density at radius 2 is 2.25 bits per heavy atom. The molecule has 0 fully saturated rings. The number of nitrogens with zero attached hydrogens (tertiary/aromatic N) is 3. The van der Waals surface area contributed by atoms with Crippen LogP contribution in [-0.4, -0.2) is 14.5 Å². The summed E-state index contributed by atoms with van der Waals surface area (Å²) >= 11 is 0. The van der Waals surface area contributed by atoms with Gasteiger partial charge in [0, 0.05) is 17.9 Å². The molecule has 2 heterocycles. The fraction of sp³-hybridized carbons (Fsp3) is 0.333. The Hall–Kier alpha value is -1.68. The third kappa shape index (κ3) is 2.28. The highest BCUT2D eigenvalue weighted by molar-refractivity contribution is 5.12. The second-order valence-electron chi connectivity index (χ2n) is 4.01. The van der Waals surface area contributed by atoms with E-state index < -0.39 is 0 Å². The van der Waals surface area contributed by atoms with Gasteiger partial charge in [-0.2, -0.15) is 0 Å². The first-order chi connectivity index (χ1) is 7.66. The number of aromatic nitrogens is 3. The molecule has 0 saturated carbocycles. The van der Waals surface area contributed by atoms with E-state index in [1.807, 2.05) is 36.6 Å². The van der Waals surface area contributed by atoms with E-state index in [-0.39, 0.29) is 6.04 Å². The highest BCUT2D eigenvalue weighted by Crippen LogP contribution is 2.10. The highest BCUT2D eigenvalue weighted by atomic mass is 15.1. The zero-order chi connectivity index (χ0) is 11.5. The number of hydrogen-bond acceptors (Lipinski definition) is 3. The number of pyridine rings is 1. The van der Waals surface area contributed by atoms with Crippen molar-refractivity contribution < 1.29 is 0 Å². The van der Waals surface area contributed by atoms with Crippen LogP contribution in [0.25, 0.3) is 0 Å². The van der Waals surface area contributed by atoms with Crippen LogP contribution in [0.4, 0.5) is 0 Å². The molecule has 2 aromatic heterocycles. The van der Waals surface area contributed by atoms with Crippen molar-refractivity contribution in [1.29, 1.82) is 0 Å². The molecule has 4 heteroatoms. The first kappa shape index (κ1) is 10.8. The maximum Gasteiger partial charge on any atom is 0.0952 e. The molecular weight excluding hydrogens is 200 g/mol. The summed E-state index contributed by atoms with van der Waals surface area (Å²) in [6.07, 6.45) is 3.60. The fourth-order valence-corrected chi connectivity index (χ4v) is 1.70. The molecule has 1 atom stereocenters. The molecule has 2 aromatic rings. The normalized spacial score (nSPS) is 12.7. The molecule has 4 nitrogen and oxygen atoms in total. The molecule has 0 amide bonds. The summed E-state index contributed by atoms with van der Waals surface area (Å²) in [4.78, 5) is 8.58. The summed E-state index contributed by atoms with van der Waals surface area (Å²) in [5, 5.41) is 0. The monoisotopic (exact) mass is 216 g/mol. The summed E-state index contributed by atoms with van der Waals surface area (Å²) in [6, 6.07) is 6.01. The molecule has 0 aromatic carbocycles. The topological polar surface area (TPSA) is 56.7 Å². The van der Waals surface area contributed by atoms with Crippen molar-refractivity contribution in [2.24, 2.45) is 5.73 Å². The SMILES string of the molecule is Cc1cccc(Cn2cncc2[C@@H](C)N)n1. The van der Waals surface area contributed by atoms with Crippen molar-refractivity contribution in [3.63, 3.8) is 0 Å². The number of nitrogens with two attached hydrogens (primary N) is 1. The summed E-state index contributed by atoms with van der Waals surface area (Å²) in [6.45, 7) is 4.67. The first-order valence-corrected chi connectivity index (χ1v) is 5.35. The molecule has 0 aliphatic carbocycles. The number of aryl methyl sites for hydroxylation is 1. The van der Waals surface area contributed by atoms with Crippen molar-refractivity contribution in [3.8, 4) is 0 Å². The van der Waals surface area contributed by atoms with Gasteiger partial charge in [-0.3, -0.25) is 4.98 Å². The maximum absolute atomic E-state index is 5.86. The van der Waals surface area contributed by atoms with Gasteiger partial charge >= 0.3 is 0 Å². The van der Waals surface area contributed by atoms with E-state index in [2.05, 4.69) is 9.97 Å². The second kappa shape index (κ2) is 4.45. The van der Waals surface area contributed by atoms with Crippen molar-refractivity contribution in [3.05, 3.63) is 47.8 Å². The number of imidazole rings is 1. The van der Waals surface area contributed by atoms with Crippen LogP contribution in [-0.2, 0) is 6.54 Å². The van der Waals surface area contributed by atoms with Gasteiger partial charge in [0.15, 0.2) is 0 Å². The Kier molecular flexibility index (Phi) is 3.01. The van der Waals surface area contributed by atoms with Crippen LogP contribution in [0.5, 0.6) is 0 Å². The van der Waals surface area contributed by atoms with Crippen LogP contribution < -0.4 is 5.73 Å². The zero-order valence-corrected chi connectivity index (χ0v) is 9.59. The Morgan fingerprint density at radius 1 is 1.44 bits per heavy atom. The molecule has 16 heavy (non-hydrogen) atoms. The lowest BCUT2D eigenvalue weighted by atomic mass is 10.2. The smallest absolute Gasteiger partial charge is 0.0952 e. The summed E-state index contributed by atoms with van der Waals surface area (Å²) in [5.74, 6) is 0. The van der Waals surface area contributed by atoms with Crippen LogP contribution in [0.1, 0.15) is 30.0 Å². The van der Waals surface area contributed by atoms with Crippen LogP contribution in [0, 0.1) is 6.92 Å². The van der Waals surface area contributed by atoms with Crippen LogP contribution in [0.15, 0.2) is 30.7 Å².